The van der Waals surface area contributed by atoms with Crippen molar-refractivity contribution in [2.45, 2.75) is 4.90 Å². The summed E-state index contributed by atoms with van der Waals surface area (Å²) < 4.78 is 38.9. The number of sulfonamides is 1. The van der Waals surface area contributed by atoms with Gasteiger partial charge in [0.25, 0.3) is 10.0 Å². The summed E-state index contributed by atoms with van der Waals surface area (Å²) in [5.74, 6) is -0.693. The smallest absolute Gasteiger partial charge is 0.264 e. The van der Waals surface area contributed by atoms with Gasteiger partial charge in [-0.05, 0) is 30.3 Å². The molecule has 0 aliphatic heterocycles. The lowest BCUT2D eigenvalue weighted by Gasteiger charge is -2.19. The van der Waals surface area contributed by atoms with Gasteiger partial charge in [0.05, 0.1) is 10.6 Å². The average Bonchev–Trinajstić information content (AvgIpc) is 2.37. The third-order valence-corrected chi connectivity index (χ3v) is 4.34. The van der Waals surface area contributed by atoms with Gasteiger partial charge in [-0.15, -0.1) is 0 Å². The zero-order valence-corrected chi connectivity index (χ0v) is 10.9. The predicted octanol–water partition coefficient (Wildman–Crippen LogP) is 1.63. The fourth-order valence-electron chi connectivity index (χ4n) is 1.58. The highest BCUT2D eigenvalue weighted by Crippen LogP contribution is 2.23. The lowest BCUT2D eigenvalue weighted by Crippen LogP contribution is -2.26. The zero-order valence-electron chi connectivity index (χ0n) is 10.1. The second-order valence-electron chi connectivity index (χ2n) is 3.90. The van der Waals surface area contributed by atoms with Gasteiger partial charge in [-0.2, -0.15) is 0 Å². The Morgan fingerprint density at radius 1 is 1.21 bits per heavy atom. The molecule has 0 unspecified atom stereocenters. The van der Waals surface area contributed by atoms with Crippen LogP contribution in [0.1, 0.15) is 0 Å². The molecule has 0 saturated carbocycles. The van der Waals surface area contributed by atoms with Gasteiger partial charge in [0.1, 0.15) is 5.82 Å². The van der Waals surface area contributed by atoms with Gasteiger partial charge >= 0.3 is 0 Å². The molecule has 2 N–H and O–H groups in total. The number of halogens is 1. The Balaban J connectivity index is 2.48. The van der Waals surface area contributed by atoms with E-state index >= 15 is 0 Å². The highest BCUT2D eigenvalue weighted by atomic mass is 32.2. The van der Waals surface area contributed by atoms with Gasteiger partial charge in [0.15, 0.2) is 0 Å². The van der Waals surface area contributed by atoms with E-state index in [4.69, 9.17) is 5.73 Å². The summed E-state index contributed by atoms with van der Waals surface area (Å²) in [6.45, 7) is 0. The number of nitrogens with two attached hydrogens (primary N) is 1. The monoisotopic (exact) mass is 281 g/mol. The summed E-state index contributed by atoms with van der Waals surface area (Å²) in [5.41, 5.74) is 5.95. The molecule has 0 fully saturated rings. The Bertz CT molecular complexity index is 669. The molecule has 0 radical (unpaired) electrons. The first-order valence-corrected chi connectivity index (χ1v) is 6.80. The summed E-state index contributed by atoms with van der Waals surface area (Å²) in [4.78, 5) is 3.62. The van der Waals surface area contributed by atoms with Gasteiger partial charge in [-0.3, -0.25) is 9.29 Å². The first-order chi connectivity index (χ1) is 8.91. The van der Waals surface area contributed by atoms with Crippen molar-refractivity contribution in [2.75, 3.05) is 17.1 Å². The highest BCUT2D eigenvalue weighted by Gasteiger charge is 2.22. The summed E-state index contributed by atoms with van der Waals surface area (Å²) in [7, 11) is -2.47. The van der Waals surface area contributed by atoms with E-state index in [9.17, 15) is 12.8 Å². The van der Waals surface area contributed by atoms with Crippen molar-refractivity contribution < 1.29 is 12.8 Å². The van der Waals surface area contributed by atoms with Crippen molar-refractivity contribution in [1.82, 2.24) is 4.98 Å². The number of hydrogen-bond acceptors (Lipinski definition) is 4. The molecular formula is C12H12FN3O2S. The van der Waals surface area contributed by atoms with Crippen molar-refractivity contribution in [3.63, 3.8) is 0 Å². The van der Waals surface area contributed by atoms with Crippen LogP contribution in [-0.4, -0.2) is 20.4 Å². The van der Waals surface area contributed by atoms with Crippen molar-refractivity contribution in [2.24, 2.45) is 0 Å². The van der Waals surface area contributed by atoms with Crippen molar-refractivity contribution >= 4 is 21.4 Å². The lowest BCUT2D eigenvalue weighted by atomic mass is 10.3. The number of rotatable bonds is 3. The molecule has 1 aromatic heterocycles. The van der Waals surface area contributed by atoms with Gasteiger partial charge in [-0.25, -0.2) is 12.8 Å². The molecule has 0 bridgehead atoms. The molecule has 1 heterocycles. The molecule has 7 heteroatoms. The van der Waals surface area contributed by atoms with E-state index in [-0.39, 0.29) is 10.6 Å². The zero-order chi connectivity index (χ0) is 14.0. The normalized spacial score (nSPS) is 11.3. The first-order valence-electron chi connectivity index (χ1n) is 5.36. The molecule has 0 saturated heterocycles. The van der Waals surface area contributed by atoms with Crippen molar-refractivity contribution in [3.8, 4) is 0 Å². The van der Waals surface area contributed by atoms with E-state index in [2.05, 4.69) is 4.98 Å². The third-order valence-electron chi connectivity index (χ3n) is 2.58. The third kappa shape index (κ3) is 2.65. The standard InChI is InChI=1S/C12H12FN3O2S/c1-16(11-2-4-15-5-3-11)19(17,18)12-7-9(13)6-10(14)8-12/h2-8H,14H2,1H3. The maximum absolute atomic E-state index is 13.3. The van der Waals surface area contributed by atoms with Crippen LogP contribution in [0.5, 0.6) is 0 Å². The number of benzene rings is 1. The van der Waals surface area contributed by atoms with Crippen LogP contribution in [-0.2, 0) is 10.0 Å². The van der Waals surface area contributed by atoms with Crippen molar-refractivity contribution in [3.05, 3.63) is 48.5 Å². The fourth-order valence-corrected chi connectivity index (χ4v) is 2.85. The van der Waals surface area contributed by atoms with Crippen LogP contribution in [0, 0.1) is 5.82 Å². The summed E-state index contributed by atoms with van der Waals surface area (Å²) in [6.07, 6.45) is 2.95. The first kappa shape index (κ1) is 13.3. The molecular weight excluding hydrogens is 269 g/mol. The van der Waals surface area contributed by atoms with E-state index in [1.165, 1.54) is 25.5 Å². The molecule has 0 atom stereocenters. The summed E-state index contributed by atoms with van der Waals surface area (Å²) >= 11 is 0. The van der Waals surface area contributed by atoms with Crippen LogP contribution in [0.4, 0.5) is 15.8 Å². The SMILES string of the molecule is CN(c1ccncc1)S(=O)(=O)c1cc(N)cc(F)c1. The average molecular weight is 281 g/mol. The van der Waals surface area contributed by atoms with E-state index in [1.807, 2.05) is 0 Å². The topological polar surface area (TPSA) is 76.3 Å². The Labute approximate surface area is 110 Å². The fraction of sp³-hybridized carbons (Fsp3) is 0.0833. The largest absolute Gasteiger partial charge is 0.399 e. The van der Waals surface area contributed by atoms with E-state index in [0.29, 0.717) is 5.69 Å². The second kappa shape index (κ2) is 4.85. The summed E-state index contributed by atoms with van der Waals surface area (Å²) in [5, 5.41) is 0. The number of hydrogen-bond donors (Lipinski definition) is 1. The molecule has 0 spiro atoms. The van der Waals surface area contributed by atoms with Gasteiger partial charge in [0.2, 0.25) is 0 Å². The van der Waals surface area contributed by atoms with Crippen LogP contribution in [0.25, 0.3) is 0 Å². The number of aromatic nitrogens is 1. The second-order valence-corrected chi connectivity index (χ2v) is 5.87. The van der Waals surface area contributed by atoms with Gasteiger partial charge in [0, 0.05) is 25.1 Å². The Kier molecular flexibility index (Phi) is 3.39. The molecule has 2 rings (SSSR count). The van der Waals surface area contributed by atoms with E-state index < -0.39 is 15.8 Å². The van der Waals surface area contributed by atoms with Crippen LogP contribution in [0.3, 0.4) is 0 Å². The minimum absolute atomic E-state index is 0.0571. The molecule has 19 heavy (non-hydrogen) atoms. The number of pyridine rings is 1. The van der Waals surface area contributed by atoms with Crippen LogP contribution in [0.2, 0.25) is 0 Å². The molecule has 2 aromatic rings. The molecule has 100 valence electrons. The maximum Gasteiger partial charge on any atom is 0.264 e. The molecule has 0 aliphatic carbocycles. The lowest BCUT2D eigenvalue weighted by molar-refractivity contribution is 0.589. The molecule has 5 nitrogen and oxygen atoms in total. The van der Waals surface area contributed by atoms with Crippen LogP contribution in [0.15, 0.2) is 47.6 Å². The quantitative estimate of drug-likeness (QED) is 0.867. The highest BCUT2D eigenvalue weighted by molar-refractivity contribution is 7.92. The minimum atomic E-state index is -3.85. The van der Waals surface area contributed by atoms with Crippen LogP contribution >= 0.6 is 0 Å². The Hall–Kier alpha value is -2.15. The maximum atomic E-state index is 13.3. The van der Waals surface area contributed by atoms with Crippen molar-refractivity contribution in [1.29, 1.82) is 0 Å². The van der Waals surface area contributed by atoms with Crippen LogP contribution < -0.4 is 10.0 Å². The Morgan fingerprint density at radius 2 is 1.84 bits per heavy atom. The number of nitrogens with zero attached hydrogens (tertiary/aromatic N) is 2. The predicted molar refractivity (Wildman–Crippen MR) is 70.6 cm³/mol. The van der Waals surface area contributed by atoms with E-state index in [0.717, 1.165) is 16.4 Å². The number of anilines is 2. The number of nitrogen functional groups attached to an aromatic ring is 1. The molecule has 0 aliphatic rings. The Morgan fingerprint density at radius 3 is 2.42 bits per heavy atom. The minimum Gasteiger partial charge on any atom is -0.399 e. The van der Waals surface area contributed by atoms with Gasteiger partial charge in [-0.1, -0.05) is 0 Å². The molecule has 1 aromatic carbocycles. The van der Waals surface area contributed by atoms with Gasteiger partial charge < -0.3 is 5.73 Å². The molecule has 0 amide bonds. The summed E-state index contributed by atoms with van der Waals surface area (Å²) in [6, 6.07) is 6.30. The van der Waals surface area contributed by atoms with E-state index in [1.54, 1.807) is 12.1 Å².